The van der Waals surface area contributed by atoms with Crippen molar-refractivity contribution in [1.29, 1.82) is 0 Å². The van der Waals surface area contributed by atoms with Crippen molar-refractivity contribution in [1.82, 2.24) is 0 Å². The molecule has 4 nitrogen and oxygen atoms in total. The summed E-state index contributed by atoms with van der Waals surface area (Å²) in [4.78, 5) is 0. The highest BCUT2D eigenvalue weighted by Crippen LogP contribution is 2.39. The zero-order valence-electron chi connectivity index (χ0n) is 24.3. The SMILES string of the molecule is CCCC[Si](CC[Si](CCCC)(OC(C)(C)C)OC(C)(C)C)(OC(C)(C)C)OC(C)(C)C. The Labute approximate surface area is 204 Å². The molecule has 194 valence electrons. The molecule has 0 saturated carbocycles. The van der Waals surface area contributed by atoms with Gasteiger partial charge in [-0.15, -0.1) is 0 Å². The summed E-state index contributed by atoms with van der Waals surface area (Å²) in [6, 6.07) is 3.87. The third-order valence-corrected chi connectivity index (χ3v) is 13.4. The molecule has 0 aliphatic carbocycles. The maximum Gasteiger partial charge on any atom is 0.338 e. The molecule has 0 saturated heterocycles. The second-order valence-corrected chi connectivity index (χ2v) is 19.8. The third kappa shape index (κ3) is 15.2. The molecule has 0 unspecified atom stereocenters. The van der Waals surface area contributed by atoms with E-state index in [1.807, 2.05) is 0 Å². The largest absolute Gasteiger partial charge is 0.389 e. The molecular formula is C26H58O4Si2. The van der Waals surface area contributed by atoms with Crippen molar-refractivity contribution in [2.24, 2.45) is 0 Å². The van der Waals surface area contributed by atoms with E-state index in [4.69, 9.17) is 17.7 Å². The zero-order chi connectivity index (χ0) is 25.5. The van der Waals surface area contributed by atoms with Gasteiger partial charge in [0.25, 0.3) is 0 Å². The molecule has 0 spiro atoms. The predicted molar refractivity (Wildman–Crippen MR) is 144 cm³/mol. The van der Waals surface area contributed by atoms with Gasteiger partial charge < -0.3 is 17.7 Å². The minimum absolute atomic E-state index is 0.241. The first-order chi connectivity index (χ1) is 14.2. The predicted octanol–water partition coefficient (Wildman–Crippen LogP) is 8.73. The molecule has 0 bridgehead atoms. The summed E-state index contributed by atoms with van der Waals surface area (Å²) in [5, 5.41) is 0. The Morgan fingerprint density at radius 3 is 0.781 bits per heavy atom. The van der Waals surface area contributed by atoms with Crippen LogP contribution in [0.3, 0.4) is 0 Å². The Hall–Kier alpha value is 0.274. The monoisotopic (exact) mass is 490 g/mol. The summed E-state index contributed by atoms with van der Waals surface area (Å²) in [5.74, 6) is 0. The van der Waals surface area contributed by atoms with Gasteiger partial charge in [-0.2, -0.15) is 0 Å². The van der Waals surface area contributed by atoms with Crippen LogP contribution in [0.15, 0.2) is 0 Å². The van der Waals surface area contributed by atoms with E-state index in [1.54, 1.807) is 0 Å². The van der Waals surface area contributed by atoms with Crippen molar-refractivity contribution in [3.05, 3.63) is 0 Å². The fourth-order valence-corrected chi connectivity index (χ4v) is 14.9. The van der Waals surface area contributed by atoms with Crippen LogP contribution in [0.5, 0.6) is 0 Å². The summed E-state index contributed by atoms with van der Waals surface area (Å²) in [5.41, 5.74) is -0.966. The second kappa shape index (κ2) is 12.3. The lowest BCUT2D eigenvalue weighted by Crippen LogP contribution is -2.56. The van der Waals surface area contributed by atoms with E-state index in [0.29, 0.717) is 0 Å². The van der Waals surface area contributed by atoms with Crippen molar-refractivity contribution in [2.75, 3.05) is 0 Å². The molecule has 0 aliphatic rings. The minimum atomic E-state index is -2.51. The van der Waals surface area contributed by atoms with Gasteiger partial charge in [-0.25, -0.2) is 0 Å². The second-order valence-electron chi connectivity index (χ2n) is 13.4. The van der Waals surface area contributed by atoms with Gasteiger partial charge in [0.15, 0.2) is 0 Å². The highest BCUT2D eigenvalue weighted by molar-refractivity contribution is 6.73. The Bertz CT molecular complexity index is 442. The highest BCUT2D eigenvalue weighted by Gasteiger charge is 2.50. The summed E-state index contributed by atoms with van der Waals surface area (Å²) in [6.45, 7) is 30.4. The molecule has 0 aromatic carbocycles. The van der Waals surface area contributed by atoms with Crippen LogP contribution in [0.25, 0.3) is 0 Å². The molecule has 0 aromatic heterocycles. The van der Waals surface area contributed by atoms with E-state index in [1.165, 1.54) is 0 Å². The van der Waals surface area contributed by atoms with Crippen molar-refractivity contribution in [3.8, 4) is 0 Å². The van der Waals surface area contributed by atoms with Gasteiger partial charge in [-0.3, -0.25) is 0 Å². The molecule has 0 N–H and O–H groups in total. The van der Waals surface area contributed by atoms with Crippen LogP contribution in [0, 0.1) is 0 Å². The van der Waals surface area contributed by atoms with Crippen LogP contribution < -0.4 is 0 Å². The molecular weight excluding hydrogens is 432 g/mol. The first kappa shape index (κ1) is 32.3. The van der Waals surface area contributed by atoms with Crippen LogP contribution in [0.4, 0.5) is 0 Å². The average molecular weight is 491 g/mol. The number of unbranched alkanes of at least 4 members (excludes halogenated alkanes) is 2. The van der Waals surface area contributed by atoms with Crippen molar-refractivity contribution in [2.45, 2.75) is 169 Å². The summed E-state index contributed by atoms with van der Waals surface area (Å²) >= 11 is 0. The van der Waals surface area contributed by atoms with E-state index in [0.717, 1.165) is 49.9 Å². The number of hydrogen-bond donors (Lipinski definition) is 0. The van der Waals surface area contributed by atoms with E-state index >= 15 is 0 Å². The van der Waals surface area contributed by atoms with Gasteiger partial charge >= 0.3 is 17.1 Å². The quantitative estimate of drug-likeness (QED) is 0.242. The lowest BCUT2D eigenvalue weighted by molar-refractivity contribution is 0.00526. The van der Waals surface area contributed by atoms with Crippen molar-refractivity contribution in [3.63, 3.8) is 0 Å². The standard InChI is InChI=1S/C26H58O4Si2/c1-15-17-19-31(27-23(3,4)5,28-24(6,7)8)21-22-32(20-18-16-2,29-25(9,10)11)30-26(12,13)14/h15-22H2,1-14H3. The summed E-state index contributed by atoms with van der Waals surface area (Å²) in [7, 11) is -5.02. The van der Waals surface area contributed by atoms with Gasteiger partial charge in [0.05, 0.1) is 22.4 Å². The fraction of sp³-hybridized carbons (Fsp3) is 1.00. The molecule has 0 atom stereocenters. The van der Waals surface area contributed by atoms with Crippen LogP contribution in [-0.2, 0) is 17.7 Å². The van der Waals surface area contributed by atoms with Gasteiger partial charge in [-0.05, 0) is 107 Å². The van der Waals surface area contributed by atoms with Crippen molar-refractivity contribution >= 4 is 17.1 Å². The molecule has 0 rings (SSSR count). The maximum absolute atomic E-state index is 6.89. The molecule has 0 aromatic rings. The lowest BCUT2D eigenvalue weighted by Gasteiger charge is -2.45. The Morgan fingerprint density at radius 2 is 0.625 bits per heavy atom. The highest BCUT2D eigenvalue weighted by atomic mass is 28.4. The molecule has 0 heterocycles. The van der Waals surface area contributed by atoms with Gasteiger partial charge in [-0.1, -0.05) is 39.5 Å². The Balaban J connectivity index is 6.27. The summed E-state index contributed by atoms with van der Waals surface area (Å²) in [6.07, 6.45) is 4.54. The number of rotatable bonds is 13. The van der Waals surface area contributed by atoms with Crippen LogP contribution >= 0.6 is 0 Å². The van der Waals surface area contributed by atoms with Crippen LogP contribution in [0.1, 0.15) is 123 Å². The normalized spacial score (nSPS) is 14.8. The first-order valence-electron chi connectivity index (χ1n) is 13.0. The third-order valence-electron chi connectivity index (χ3n) is 4.68. The van der Waals surface area contributed by atoms with E-state index in [-0.39, 0.29) is 22.4 Å². The van der Waals surface area contributed by atoms with Gasteiger partial charge in [0.2, 0.25) is 0 Å². The van der Waals surface area contributed by atoms with E-state index in [2.05, 4.69) is 96.9 Å². The Morgan fingerprint density at radius 1 is 0.406 bits per heavy atom. The first-order valence-corrected chi connectivity index (χ1v) is 17.4. The number of hydrogen-bond acceptors (Lipinski definition) is 4. The van der Waals surface area contributed by atoms with E-state index in [9.17, 15) is 0 Å². The topological polar surface area (TPSA) is 36.9 Å². The molecule has 6 heteroatoms. The maximum atomic E-state index is 6.89. The molecule has 32 heavy (non-hydrogen) atoms. The molecule has 0 fully saturated rings. The molecule has 0 radical (unpaired) electrons. The van der Waals surface area contributed by atoms with Gasteiger partial charge in [0.1, 0.15) is 0 Å². The molecule has 0 aliphatic heterocycles. The van der Waals surface area contributed by atoms with Crippen molar-refractivity contribution < 1.29 is 17.7 Å². The minimum Gasteiger partial charge on any atom is -0.389 e. The molecule has 0 amide bonds. The Kier molecular flexibility index (Phi) is 12.4. The van der Waals surface area contributed by atoms with Crippen LogP contribution in [-0.4, -0.2) is 39.5 Å². The average Bonchev–Trinajstić information content (AvgIpc) is 2.50. The van der Waals surface area contributed by atoms with E-state index < -0.39 is 17.1 Å². The van der Waals surface area contributed by atoms with Gasteiger partial charge in [0, 0.05) is 0 Å². The lowest BCUT2D eigenvalue weighted by atomic mass is 10.2. The van der Waals surface area contributed by atoms with Crippen LogP contribution in [0.2, 0.25) is 24.2 Å². The fourth-order valence-electron chi connectivity index (χ4n) is 4.21. The zero-order valence-corrected chi connectivity index (χ0v) is 26.3. The summed E-state index contributed by atoms with van der Waals surface area (Å²) < 4.78 is 27.6. The smallest absolute Gasteiger partial charge is 0.338 e.